The largest absolute Gasteiger partial charge is 0.339 e. The fourth-order valence-corrected chi connectivity index (χ4v) is 3.70. The zero-order valence-electron chi connectivity index (χ0n) is 17.1. The molecule has 1 aliphatic rings. The van der Waals surface area contributed by atoms with E-state index in [4.69, 9.17) is 0 Å². The minimum absolute atomic E-state index is 0.00916. The lowest BCUT2D eigenvalue weighted by atomic mass is 9.94. The van der Waals surface area contributed by atoms with E-state index in [0.29, 0.717) is 31.7 Å². The molecule has 0 saturated carbocycles. The molecule has 6 heteroatoms. The Morgan fingerprint density at radius 1 is 0.862 bits per heavy atom. The highest BCUT2D eigenvalue weighted by atomic mass is 16.2. The highest BCUT2D eigenvalue weighted by Gasteiger charge is 2.31. The number of carbonyl (C=O) groups is 2. The molecular weight excluding hydrogens is 364 g/mol. The normalized spacial score (nSPS) is 15.0. The molecule has 6 nitrogen and oxygen atoms in total. The maximum absolute atomic E-state index is 12.9. The van der Waals surface area contributed by atoms with Crippen molar-refractivity contribution in [1.29, 1.82) is 0 Å². The van der Waals surface area contributed by atoms with Crippen LogP contribution in [0.2, 0.25) is 0 Å². The Morgan fingerprint density at radius 2 is 1.48 bits per heavy atom. The molecule has 0 bridgehead atoms. The van der Waals surface area contributed by atoms with Gasteiger partial charge in [0.15, 0.2) is 0 Å². The van der Waals surface area contributed by atoms with E-state index in [1.54, 1.807) is 6.33 Å². The van der Waals surface area contributed by atoms with Gasteiger partial charge in [0.25, 0.3) is 5.91 Å². The van der Waals surface area contributed by atoms with Crippen molar-refractivity contribution in [3.63, 3.8) is 0 Å². The first-order chi connectivity index (χ1) is 13.8. The molecule has 0 unspecified atom stereocenters. The zero-order chi connectivity index (χ0) is 20.6. The smallest absolute Gasteiger partial charge is 0.253 e. The van der Waals surface area contributed by atoms with Gasteiger partial charge in [-0.1, -0.05) is 32.9 Å². The molecule has 2 aromatic carbocycles. The van der Waals surface area contributed by atoms with Gasteiger partial charge in [-0.05, 0) is 36.4 Å². The molecule has 4 rings (SSSR count). The standard InChI is InChI=1S/C23H26N4O2/c1-23(2,3)22(29)26-14-12-25(13-15-26)21(28)17-8-10-18(11-9-17)27-16-24-19-6-4-5-7-20(19)27/h4-11,16H,12-15H2,1-3H3. The molecule has 1 fully saturated rings. The Kier molecular flexibility index (Phi) is 4.86. The van der Waals surface area contributed by atoms with Gasteiger partial charge in [-0.15, -0.1) is 0 Å². The third-order valence-electron chi connectivity index (χ3n) is 5.34. The average molecular weight is 390 g/mol. The molecule has 2 amide bonds. The SMILES string of the molecule is CC(C)(C)C(=O)N1CCN(C(=O)c2ccc(-n3cnc4ccccc43)cc2)CC1. The summed E-state index contributed by atoms with van der Waals surface area (Å²) in [7, 11) is 0. The van der Waals surface area contributed by atoms with Gasteiger partial charge < -0.3 is 9.80 Å². The average Bonchev–Trinajstić information content (AvgIpc) is 3.16. The molecule has 1 aromatic heterocycles. The second-order valence-electron chi connectivity index (χ2n) is 8.48. The number of amides is 2. The number of piperazine rings is 1. The van der Waals surface area contributed by atoms with Crippen LogP contribution in [0.3, 0.4) is 0 Å². The maximum Gasteiger partial charge on any atom is 0.253 e. The summed E-state index contributed by atoms with van der Waals surface area (Å²) in [5, 5.41) is 0. The number of aromatic nitrogens is 2. The lowest BCUT2D eigenvalue weighted by molar-refractivity contribution is -0.140. The van der Waals surface area contributed by atoms with Crippen LogP contribution in [0.25, 0.3) is 16.7 Å². The first kappa shape index (κ1) is 19.2. The van der Waals surface area contributed by atoms with E-state index in [-0.39, 0.29) is 17.2 Å². The summed E-state index contributed by atoms with van der Waals surface area (Å²) in [6.45, 7) is 8.08. The topological polar surface area (TPSA) is 58.4 Å². The van der Waals surface area contributed by atoms with Crippen LogP contribution in [0.4, 0.5) is 0 Å². The van der Waals surface area contributed by atoms with E-state index in [1.807, 2.05) is 83.7 Å². The molecule has 150 valence electrons. The van der Waals surface area contributed by atoms with Crippen LogP contribution in [0, 0.1) is 5.41 Å². The number of para-hydroxylation sites is 2. The number of hydrogen-bond acceptors (Lipinski definition) is 3. The molecular formula is C23H26N4O2. The van der Waals surface area contributed by atoms with Crippen LogP contribution >= 0.6 is 0 Å². The lowest BCUT2D eigenvalue weighted by Gasteiger charge is -2.37. The molecule has 29 heavy (non-hydrogen) atoms. The molecule has 0 aliphatic carbocycles. The molecule has 0 N–H and O–H groups in total. The lowest BCUT2D eigenvalue weighted by Crippen LogP contribution is -2.53. The second-order valence-corrected chi connectivity index (χ2v) is 8.48. The molecule has 0 atom stereocenters. The molecule has 0 spiro atoms. The van der Waals surface area contributed by atoms with Crippen molar-refractivity contribution in [3.8, 4) is 5.69 Å². The van der Waals surface area contributed by atoms with Crippen molar-refractivity contribution in [2.45, 2.75) is 20.8 Å². The third-order valence-corrected chi connectivity index (χ3v) is 5.34. The van der Waals surface area contributed by atoms with Gasteiger partial charge in [-0.3, -0.25) is 14.2 Å². The predicted octanol–water partition coefficient (Wildman–Crippen LogP) is 3.36. The van der Waals surface area contributed by atoms with Crippen molar-refractivity contribution in [1.82, 2.24) is 19.4 Å². The number of hydrogen-bond donors (Lipinski definition) is 0. The second kappa shape index (κ2) is 7.35. The fourth-order valence-electron chi connectivity index (χ4n) is 3.70. The van der Waals surface area contributed by atoms with Crippen LogP contribution in [0.5, 0.6) is 0 Å². The summed E-state index contributed by atoms with van der Waals surface area (Å²) >= 11 is 0. The van der Waals surface area contributed by atoms with Crippen molar-refractivity contribution in [2.24, 2.45) is 5.41 Å². The monoisotopic (exact) mass is 390 g/mol. The number of nitrogens with zero attached hydrogens (tertiary/aromatic N) is 4. The van der Waals surface area contributed by atoms with Crippen molar-refractivity contribution in [3.05, 3.63) is 60.4 Å². The Balaban J connectivity index is 1.45. The van der Waals surface area contributed by atoms with E-state index in [0.717, 1.165) is 16.7 Å². The van der Waals surface area contributed by atoms with Gasteiger partial charge in [0.05, 0.1) is 11.0 Å². The van der Waals surface area contributed by atoms with Crippen LogP contribution in [-0.4, -0.2) is 57.3 Å². The van der Waals surface area contributed by atoms with Crippen molar-refractivity contribution in [2.75, 3.05) is 26.2 Å². The van der Waals surface area contributed by atoms with Gasteiger partial charge in [0, 0.05) is 42.8 Å². The highest BCUT2D eigenvalue weighted by Crippen LogP contribution is 2.21. The number of rotatable bonds is 2. The van der Waals surface area contributed by atoms with Crippen molar-refractivity contribution < 1.29 is 9.59 Å². The minimum Gasteiger partial charge on any atom is -0.339 e. The summed E-state index contributed by atoms with van der Waals surface area (Å²) in [4.78, 5) is 33.4. The predicted molar refractivity (Wildman–Crippen MR) is 113 cm³/mol. The summed E-state index contributed by atoms with van der Waals surface area (Å²) in [5.74, 6) is 0.149. The third kappa shape index (κ3) is 3.75. The summed E-state index contributed by atoms with van der Waals surface area (Å²) in [6, 6.07) is 15.6. The molecule has 1 saturated heterocycles. The minimum atomic E-state index is -0.389. The number of imidazole rings is 1. The van der Waals surface area contributed by atoms with E-state index in [2.05, 4.69) is 4.98 Å². The van der Waals surface area contributed by atoms with Gasteiger partial charge in [0.1, 0.15) is 6.33 Å². The summed E-state index contributed by atoms with van der Waals surface area (Å²) < 4.78 is 2.01. The Labute approximate surface area is 170 Å². The Morgan fingerprint density at radius 3 is 2.14 bits per heavy atom. The number of carbonyl (C=O) groups excluding carboxylic acids is 2. The van der Waals surface area contributed by atoms with Crippen LogP contribution in [0.1, 0.15) is 31.1 Å². The molecule has 0 radical (unpaired) electrons. The van der Waals surface area contributed by atoms with Gasteiger partial charge in [-0.2, -0.15) is 0 Å². The van der Waals surface area contributed by atoms with E-state index in [1.165, 1.54) is 0 Å². The number of benzene rings is 2. The molecule has 1 aliphatic heterocycles. The van der Waals surface area contributed by atoms with Crippen LogP contribution in [-0.2, 0) is 4.79 Å². The quantitative estimate of drug-likeness (QED) is 0.674. The maximum atomic E-state index is 12.9. The molecule has 3 aromatic rings. The first-order valence-electron chi connectivity index (χ1n) is 9.96. The Bertz CT molecular complexity index is 1040. The number of fused-ring (bicyclic) bond motifs is 1. The highest BCUT2D eigenvalue weighted by molar-refractivity contribution is 5.94. The van der Waals surface area contributed by atoms with Crippen LogP contribution in [0.15, 0.2) is 54.9 Å². The zero-order valence-corrected chi connectivity index (χ0v) is 17.1. The first-order valence-corrected chi connectivity index (χ1v) is 9.96. The summed E-state index contributed by atoms with van der Waals surface area (Å²) in [6.07, 6.45) is 1.80. The Hall–Kier alpha value is -3.15. The van der Waals surface area contributed by atoms with Gasteiger partial charge in [0.2, 0.25) is 5.91 Å². The molecule has 2 heterocycles. The van der Waals surface area contributed by atoms with E-state index >= 15 is 0 Å². The van der Waals surface area contributed by atoms with E-state index in [9.17, 15) is 9.59 Å². The van der Waals surface area contributed by atoms with Crippen molar-refractivity contribution >= 4 is 22.8 Å². The fraction of sp³-hybridized carbons (Fsp3) is 0.348. The van der Waals surface area contributed by atoms with Gasteiger partial charge >= 0.3 is 0 Å². The summed E-state index contributed by atoms with van der Waals surface area (Å²) in [5.41, 5.74) is 3.21. The van der Waals surface area contributed by atoms with Crippen LogP contribution < -0.4 is 0 Å². The van der Waals surface area contributed by atoms with E-state index < -0.39 is 0 Å². The van der Waals surface area contributed by atoms with Gasteiger partial charge in [-0.25, -0.2) is 4.98 Å².